The fraction of sp³-hybridized carbons (Fsp3) is 1.00. The normalized spacial score (nSPS) is 14.3. The highest BCUT2D eigenvalue weighted by molar-refractivity contribution is 4.72. The first-order chi connectivity index (χ1) is 7.87. The molecule has 104 valence electrons. The Hall–Kier alpha value is -0.160. The molecule has 0 bridgehead atoms. The monoisotopic (exact) mass is 247 g/mol. The number of aliphatic hydroxyl groups is 1. The molecular weight excluding hydrogens is 218 g/mol. The Bertz CT molecular complexity index is 184. The van der Waals surface area contributed by atoms with Crippen LogP contribution in [0.2, 0.25) is 0 Å². The lowest BCUT2D eigenvalue weighted by Gasteiger charge is -2.25. The van der Waals surface area contributed by atoms with Gasteiger partial charge in [0.1, 0.15) is 0 Å². The number of rotatable bonds is 10. The zero-order chi connectivity index (χ0) is 13.3. The molecular formula is C13H29NO3. The van der Waals surface area contributed by atoms with Gasteiger partial charge in [0.2, 0.25) is 0 Å². The van der Waals surface area contributed by atoms with Crippen molar-refractivity contribution in [3.8, 4) is 0 Å². The molecule has 0 rings (SSSR count). The van der Waals surface area contributed by atoms with E-state index in [2.05, 4.69) is 19.2 Å². The highest BCUT2D eigenvalue weighted by Gasteiger charge is 2.17. The number of nitrogens with one attached hydrogen (secondary N) is 1. The summed E-state index contributed by atoms with van der Waals surface area (Å²) in [4.78, 5) is 0. The van der Waals surface area contributed by atoms with Crippen LogP contribution in [-0.4, -0.2) is 50.7 Å². The Balaban J connectivity index is 3.60. The van der Waals surface area contributed by atoms with Crippen molar-refractivity contribution in [2.45, 2.75) is 46.3 Å². The maximum absolute atomic E-state index is 9.66. The van der Waals surface area contributed by atoms with Crippen LogP contribution in [0, 0.1) is 5.41 Å². The van der Waals surface area contributed by atoms with Crippen molar-refractivity contribution >= 4 is 0 Å². The minimum atomic E-state index is -0.435. The lowest BCUT2D eigenvalue weighted by molar-refractivity contribution is 0.00546. The van der Waals surface area contributed by atoms with Gasteiger partial charge in [0.05, 0.1) is 18.8 Å². The van der Waals surface area contributed by atoms with Crippen molar-refractivity contribution in [3.05, 3.63) is 0 Å². The van der Waals surface area contributed by atoms with Gasteiger partial charge in [-0.1, -0.05) is 13.8 Å². The maximum atomic E-state index is 9.66. The molecule has 0 radical (unpaired) electrons. The van der Waals surface area contributed by atoms with Gasteiger partial charge in [-0.05, 0) is 25.7 Å². The van der Waals surface area contributed by atoms with Gasteiger partial charge in [-0.25, -0.2) is 0 Å². The van der Waals surface area contributed by atoms with E-state index in [4.69, 9.17) is 9.47 Å². The molecule has 0 aliphatic carbocycles. The third-order valence-electron chi connectivity index (χ3n) is 2.59. The summed E-state index contributed by atoms with van der Waals surface area (Å²) in [5.41, 5.74) is 0.189. The summed E-state index contributed by atoms with van der Waals surface area (Å²) in [7, 11) is 1.72. The molecule has 0 spiro atoms. The molecule has 0 saturated heterocycles. The zero-order valence-electron chi connectivity index (χ0n) is 12.0. The molecule has 0 aromatic heterocycles. The van der Waals surface area contributed by atoms with Gasteiger partial charge in [-0.3, -0.25) is 0 Å². The molecule has 4 heteroatoms. The van der Waals surface area contributed by atoms with Crippen molar-refractivity contribution in [1.29, 1.82) is 0 Å². The highest BCUT2D eigenvalue weighted by atomic mass is 16.5. The molecule has 1 atom stereocenters. The third kappa shape index (κ3) is 10.7. The van der Waals surface area contributed by atoms with Crippen LogP contribution < -0.4 is 5.32 Å². The summed E-state index contributed by atoms with van der Waals surface area (Å²) in [5, 5.41) is 12.9. The van der Waals surface area contributed by atoms with Crippen LogP contribution in [0.5, 0.6) is 0 Å². The molecule has 4 nitrogen and oxygen atoms in total. The zero-order valence-corrected chi connectivity index (χ0v) is 12.0. The van der Waals surface area contributed by atoms with E-state index in [1.54, 1.807) is 7.11 Å². The number of hydrogen-bond acceptors (Lipinski definition) is 4. The molecule has 0 aliphatic heterocycles. The van der Waals surface area contributed by atoms with E-state index in [9.17, 15) is 5.11 Å². The SMILES string of the molecule is COCCC(C)(C)CNCC(O)COC(C)C. The van der Waals surface area contributed by atoms with Crippen LogP contribution in [0.25, 0.3) is 0 Å². The molecule has 1 unspecified atom stereocenters. The van der Waals surface area contributed by atoms with Crippen LogP contribution in [-0.2, 0) is 9.47 Å². The topological polar surface area (TPSA) is 50.7 Å². The van der Waals surface area contributed by atoms with Crippen LogP contribution in [0.15, 0.2) is 0 Å². The number of hydrogen-bond donors (Lipinski definition) is 2. The van der Waals surface area contributed by atoms with Gasteiger partial charge in [0.25, 0.3) is 0 Å². The standard InChI is InChI=1S/C13H29NO3/c1-11(2)17-9-12(15)8-14-10-13(3,4)6-7-16-5/h11-12,14-15H,6-10H2,1-5H3. The predicted molar refractivity (Wildman–Crippen MR) is 70.2 cm³/mol. The van der Waals surface area contributed by atoms with Crippen LogP contribution >= 0.6 is 0 Å². The Morgan fingerprint density at radius 2 is 1.94 bits per heavy atom. The predicted octanol–water partition coefficient (Wildman–Crippen LogP) is 1.42. The van der Waals surface area contributed by atoms with Gasteiger partial charge < -0.3 is 19.9 Å². The first-order valence-corrected chi connectivity index (χ1v) is 6.36. The summed E-state index contributed by atoms with van der Waals surface area (Å²) in [5.74, 6) is 0. The number of ether oxygens (including phenoxy) is 2. The largest absolute Gasteiger partial charge is 0.389 e. The third-order valence-corrected chi connectivity index (χ3v) is 2.59. The van der Waals surface area contributed by atoms with Crippen molar-refractivity contribution in [2.24, 2.45) is 5.41 Å². The quantitative estimate of drug-likeness (QED) is 0.613. The molecule has 0 fully saturated rings. The van der Waals surface area contributed by atoms with Gasteiger partial charge in [-0.15, -0.1) is 0 Å². The van der Waals surface area contributed by atoms with Crippen LogP contribution in [0.4, 0.5) is 0 Å². The van der Waals surface area contributed by atoms with E-state index in [-0.39, 0.29) is 11.5 Å². The fourth-order valence-electron chi connectivity index (χ4n) is 1.41. The minimum absolute atomic E-state index is 0.169. The van der Waals surface area contributed by atoms with Crippen molar-refractivity contribution < 1.29 is 14.6 Å². The smallest absolute Gasteiger partial charge is 0.0897 e. The first-order valence-electron chi connectivity index (χ1n) is 6.36. The van der Waals surface area contributed by atoms with E-state index in [0.717, 1.165) is 19.6 Å². The summed E-state index contributed by atoms with van der Waals surface area (Å²) < 4.78 is 10.4. The molecule has 17 heavy (non-hydrogen) atoms. The molecule has 0 heterocycles. The molecule has 0 aromatic rings. The lowest BCUT2D eigenvalue weighted by atomic mass is 9.90. The van der Waals surface area contributed by atoms with Crippen molar-refractivity contribution in [2.75, 3.05) is 33.4 Å². The summed E-state index contributed by atoms with van der Waals surface area (Å²) in [6.45, 7) is 10.9. The second kappa shape index (κ2) is 8.86. The lowest BCUT2D eigenvalue weighted by Crippen LogP contribution is -2.37. The number of methoxy groups -OCH3 is 1. The van der Waals surface area contributed by atoms with E-state index in [1.807, 2.05) is 13.8 Å². The van der Waals surface area contributed by atoms with Gasteiger partial charge in [0.15, 0.2) is 0 Å². The maximum Gasteiger partial charge on any atom is 0.0897 e. The van der Waals surface area contributed by atoms with Gasteiger partial charge >= 0.3 is 0 Å². The van der Waals surface area contributed by atoms with Gasteiger partial charge in [-0.2, -0.15) is 0 Å². The van der Waals surface area contributed by atoms with Crippen LogP contribution in [0.3, 0.4) is 0 Å². The van der Waals surface area contributed by atoms with Crippen LogP contribution in [0.1, 0.15) is 34.1 Å². The average Bonchev–Trinajstić information content (AvgIpc) is 2.23. The minimum Gasteiger partial charge on any atom is -0.389 e. The van der Waals surface area contributed by atoms with Crippen molar-refractivity contribution in [3.63, 3.8) is 0 Å². The molecule has 0 saturated carbocycles. The Kier molecular flexibility index (Phi) is 8.78. The molecule has 0 aromatic carbocycles. The Morgan fingerprint density at radius 3 is 2.47 bits per heavy atom. The van der Waals surface area contributed by atoms with E-state index >= 15 is 0 Å². The van der Waals surface area contributed by atoms with E-state index in [1.165, 1.54) is 0 Å². The van der Waals surface area contributed by atoms with E-state index in [0.29, 0.717) is 13.2 Å². The summed E-state index contributed by atoms with van der Waals surface area (Å²) in [6, 6.07) is 0. The second-order valence-corrected chi connectivity index (χ2v) is 5.57. The second-order valence-electron chi connectivity index (χ2n) is 5.57. The summed E-state index contributed by atoms with van der Waals surface area (Å²) in [6.07, 6.45) is 0.744. The Labute approximate surface area is 106 Å². The molecule has 0 amide bonds. The van der Waals surface area contributed by atoms with Gasteiger partial charge in [0, 0.05) is 26.8 Å². The van der Waals surface area contributed by atoms with E-state index < -0.39 is 6.10 Å². The summed E-state index contributed by atoms with van der Waals surface area (Å²) >= 11 is 0. The molecule has 2 N–H and O–H groups in total. The average molecular weight is 247 g/mol. The molecule has 0 aliphatic rings. The highest BCUT2D eigenvalue weighted by Crippen LogP contribution is 2.18. The number of aliphatic hydroxyl groups excluding tert-OH is 1. The fourth-order valence-corrected chi connectivity index (χ4v) is 1.41. The first kappa shape index (κ1) is 16.8. The Morgan fingerprint density at radius 1 is 1.29 bits per heavy atom. The van der Waals surface area contributed by atoms with Crippen molar-refractivity contribution in [1.82, 2.24) is 5.32 Å².